The summed E-state index contributed by atoms with van der Waals surface area (Å²) in [7, 11) is 0. The van der Waals surface area contributed by atoms with Crippen LogP contribution < -0.4 is 0 Å². The van der Waals surface area contributed by atoms with Crippen molar-refractivity contribution in [2.45, 2.75) is 322 Å². The Bertz CT molecular complexity index is 1590. The Kier molecular flexibility index (Phi) is 63.3. The molecule has 79 heavy (non-hydrogen) atoms. The molecule has 0 saturated carbocycles. The molecule has 0 heterocycles. The summed E-state index contributed by atoms with van der Waals surface area (Å²) in [6.45, 7) is 6.32. The van der Waals surface area contributed by atoms with E-state index in [2.05, 4.69) is 118 Å². The predicted molar refractivity (Wildman–Crippen MR) is 343 cm³/mol. The van der Waals surface area contributed by atoms with Gasteiger partial charge in [0.2, 0.25) is 0 Å². The highest BCUT2D eigenvalue weighted by atomic mass is 16.6. The number of ether oxygens (including phenoxy) is 3. The summed E-state index contributed by atoms with van der Waals surface area (Å²) in [4.78, 5) is 38.2. The lowest BCUT2D eigenvalue weighted by Crippen LogP contribution is -2.30. The summed E-state index contributed by atoms with van der Waals surface area (Å²) in [6.07, 6.45) is 91.7. The molecule has 0 amide bonds. The third-order valence-corrected chi connectivity index (χ3v) is 14.3. The summed E-state index contributed by atoms with van der Waals surface area (Å²) >= 11 is 0. The van der Waals surface area contributed by atoms with Gasteiger partial charge in [0, 0.05) is 12.8 Å². The number of esters is 3. The highest BCUT2D eigenvalue weighted by Crippen LogP contribution is 2.18. The van der Waals surface area contributed by atoms with Crippen LogP contribution in [-0.4, -0.2) is 37.2 Å². The molecule has 0 aromatic carbocycles. The maximum Gasteiger partial charge on any atom is 0.310 e. The Balaban J connectivity index is 4.26. The molecule has 0 rings (SSSR count). The van der Waals surface area contributed by atoms with E-state index in [0.717, 1.165) is 83.5 Å². The van der Waals surface area contributed by atoms with Gasteiger partial charge in [0.15, 0.2) is 6.10 Å². The van der Waals surface area contributed by atoms with Crippen molar-refractivity contribution in [2.75, 3.05) is 13.2 Å². The molecule has 1 unspecified atom stereocenters. The molecule has 0 aromatic heterocycles. The minimum Gasteiger partial charge on any atom is -0.462 e. The summed E-state index contributed by atoms with van der Waals surface area (Å²) in [5, 5.41) is 0. The second-order valence-corrected chi connectivity index (χ2v) is 22.0. The van der Waals surface area contributed by atoms with E-state index in [1.54, 1.807) is 6.08 Å². The fourth-order valence-corrected chi connectivity index (χ4v) is 9.39. The van der Waals surface area contributed by atoms with E-state index in [1.807, 2.05) is 6.08 Å². The fourth-order valence-electron chi connectivity index (χ4n) is 9.39. The monoisotopic (exact) mass is 1100 g/mol. The van der Waals surface area contributed by atoms with Gasteiger partial charge in [-0.25, -0.2) is 0 Å². The van der Waals surface area contributed by atoms with Crippen molar-refractivity contribution in [3.63, 3.8) is 0 Å². The summed E-state index contributed by atoms with van der Waals surface area (Å²) < 4.78 is 16.8. The maximum absolute atomic E-state index is 12.8. The third-order valence-electron chi connectivity index (χ3n) is 14.3. The average Bonchev–Trinajstić information content (AvgIpc) is 3.45. The van der Waals surface area contributed by atoms with E-state index in [4.69, 9.17) is 14.2 Å². The SMILES string of the molecule is CC/C=C\C/C=C\C/C=C\C/C=C\C/C=C\CC(=O)OC(COC(=O)CCCC/C=C\C/C=C\C/C=C\C/C=C\CC)COC(=O)CCCCCCCCCCCCCCCCCCCCCCCCCCCCCCCCC. The molecular formula is C73H124O6. The van der Waals surface area contributed by atoms with Gasteiger partial charge in [0.1, 0.15) is 13.2 Å². The Morgan fingerprint density at radius 3 is 0.835 bits per heavy atom. The van der Waals surface area contributed by atoms with Gasteiger partial charge >= 0.3 is 17.9 Å². The molecule has 0 aliphatic rings. The first-order valence-electron chi connectivity index (χ1n) is 33.4. The predicted octanol–water partition coefficient (Wildman–Crippen LogP) is 23.0. The van der Waals surface area contributed by atoms with Crippen molar-refractivity contribution in [3.8, 4) is 0 Å². The Morgan fingerprint density at radius 1 is 0.278 bits per heavy atom. The molecule has 0 radical (unpaired) electrons. The Morgan fingerprint density at radius 2 is 0.532 bits per heavy atom. The molecule has 0 bridgehead atoms. The van der Waals surface area contributed by atoms with Crippen LogP contribution in [0.3, 0.4) is 0 Å². The molecular weight excluding hydrogens is 973 g/mol. The second-order valence-electron chi connectivity index (χ2n) is 22.0. The van der Waals surface area contributed by atoms with Gasteiger partial charge in [0.25, 0.3) is 0 Å². The molecule has 1 atom stereocenters. The van der Waals surface area contributed by atoms with E-state index in [1.165, 1.54) is 180 Å². The first kappa shape index (κ1) is 75.1. The van der Waals surface area contributed by atoms with Gasteiger partial charge in [-0.2, -0.15) is 0 Å². The standard InChI is InChI=1S/C73H124O6/c1-4-7-10-13-16-19-22-25-28-29-30-31-32-33-34-35-36-37-38-39-40-41-42-43-46-48-51-54-57-60-63-66-72(75)78-69-70(79-73(76)67-64-61-58-55-52-49-45-27-24-21-18-15-12-9-6-3)68-77-71(74)65-62-59-56-53-50-47-44-26-23-20-17-14-11-8-5-2/h8-9,11-12,17-18,20-21,26-27,44-45,50,52-53,55,61,64,70H,4-7,10,13-16,19,22-25,28-43,46-49,51,54,56-60,62-63,65-69H2,1-3H3/b11-8-,12-9-,20-17-,21-18-,44-26-,45-27-,53-50-,55-52-,64-61-. The van der Waals surface area contributed by atoms with Crippen molar-refractivity contribution < 1.29 is 28.6 Å². The van der Waals surface area contributed by atoms with E-state index < -0.39 is 12.1 Å². The number of hydrogen-bond acceptors (Lipinski definition) is 6. The van der Waals surface area contributed by atoms with Crippen LogP contribution in [-0.2, 0) is 28.6 Å². The van der Waals surface area contributed by atoms with Crippen LogP contribution in [0.4, 0.5) is 0 Å². The molecule has 0 aliphatic carbocycles. The quantitative estimate of drug-likeness (QED) is 0.0261. The fraction of sp³-hybridized carbons (Fsp3) is 0.712. The van der Waals surface area contributed by atoms with Crippen molar-refractivity contribution in [3.05, 3.63) is 109 Å². The van der Waals surface area contributed by atoms with Crippen LogP contribution in [0.5, 0.6) is 0 Å². The molecule has 0 N–H and O–H groups in total. The lowest BCUT2D eigenvalue weighted by molar-refractivity contribution is -0.166. The smallest absolute Gasteiger partial charge is 0.310 e. The summed E-state index contributed by atoms with van der Waals surface area (Å²) in [5.74, 6) is -1.10. The summed E-state index contributed by atoms with van der Waals surface area (Å²) in [6, 6.07) is 0. The summed E-state index contributed by atoms with van der Waals surface area (Å²) in [5.41, 5.74) is 0. The minimum absolute atomic E-state index is 0.0862. The molecule has 0 aliphatic heterocycles. The van der Waals surface area contributed by atoms with Gasteiger partial charge < -0.3 is 14.2 Å². The van der Waals surface area contributed by atoms with E-state index in [-0.39, 0.29) is 38.0 Å². The van der Waals surface area contributed by atoms with Crippen molar-refractivity contribution in [1.29, 1.82) is 0 Å². The Hall–Kier alpha value is -3.93. The van der Waals surface area contributed by atoms with Gasteiger partial charge in [-0.15, -0.1) is 0 Å². The van der Waals surface area contributed by atoms with Gasteiger partial charge in [0.05, 0.1) is 6.42 Å². The largest absolute Gasteiger partial charge is 0.462 e. The molecule has 0 spiro atoms. The number of carbonyl (C=O) groups excluding carboxylic acids is 3. The van der Waals surface area contributed by atoms with Crippen LogP contribution in [0.2, 0.25) is 0 Å². The average molecular weight is 1100 g/mol. The second kappa shape index (κ2) is 66.6. The number of hydrogen-bond donors (Lipinski definition) is 0. The highest BCUT2D eigenvalue weighted by Gasteiger charge is 2.19. The number of rotatable bonds is 60. The molecule has 0 fully saturated rings. The van der Waals surface area contributed by atoms with Crippen LogP contribution in [0.15, 0.2) is 109 Å². The molecule has 6 heteroatoms. The zero-order valence-electron chi connectivity index (χ0n) is 51.9. The molecule has 452 valence electrons. The lowest BCUT2D eigenvalue weighted by Gasteiger charge is -2.18. The van der Waals surface area contributed by atoms with E-state index >= 15 is 0 Å². The van der Waals surface area contributed by atoms with Gasteiger partial charge in [-0.3, -0.25) is 14.4 Å². The zero-order valence-corrected chi connectivity index (χ0v) is 51.9. The highest BCUT2D eigenvalue weighted by molar-refractivity contribution is 5.72. The van der Waals surface area contributed by atoms with E-state index in [9.17, 15) is 14.4 Å². The van der Waals surface area contributed by atoms with Gasteiger partial charge in [-0.05, 0) is 83.5 Å². The zero-order chi connectivity index (χ0) is 57.1. The van der Waals surface area contributed by atoms with Crippen LogP contribution in [0.1, 0.15) is 316 Å². The third kappa shape index (κ3) is 64.8. The van der Waals surface area contributed by atoms with Crippen molar-refractivity contribution >= 4 is 17.9 Å². The molecule has 0 saturated heterocycles. The van der Waals surface area contributed by atoms with Crippen LogP contribution in [0, 0.1) is 0 Å². The lowest BCUT2D eigenvalue weighted by atomic mass is 10.0. The van der Waals surface area contributed by atoms with Crippen LogP contribution in [0.25, 0.3) is 0 Å². The Labute approximate surface area is 489 Å². The first-order valence-corrected chi connectivity index (χ1v) is 33.4. The molecule has 6 nitrogen and oxygen atoms in total. The number of carbonyl (C=O) groups is 3. The maximum atomic E-state index is 12.8. The van der Waals surface area contributed by atoms with Crippen molar-refractivity contribution in [1.82, 2.24) is 0 Å². The number of allylic oxidation sites excluding steroid dienone is 17. The van der Waals surface area contributed by atoms with E-state index in [0.29, 0.717) is 19.3 Å². The number of unbranched alkanes of at least 4 members (excludes halogenated alkanes) is 32. The van der Waals surface area contributed by atoms with Gasteiger partial charge in [-0.1, -0.05) is 323 Å². The first-order chi connectivity index (χ1) is 39.0. The minimum atomic E-state index is -0.851. The normalized spacial score (nSPS) is 12.8. The molecule has 0 aromatic rings. The van der Waals surface area contributed by atoms with Crippen molar-refractivity contribution in [2.24, 2.45) is 0 Å². The van der Waals surface area contributed by atoms with Crippen LogP contribution >= 0.6 is 0 Å². The topological polar surface area (TPSA) is 78.9 Å².